The summed E-state index contributed by atoms with van der Waals surface area (Å²) in [6.45, 7) is 0. The van der Waals surface area contributed by atoms with E-state index >= 15 is 0 Å². The SMILES string of the molecule is CSc1cccc(Oc2cccnc2)c1C(=N)N. The van der Waals surface area contributed by atoms with E-state index in [0.717, 1.165) is 4.90 Å². The highest BCUT2D eigenvalue weighted by atomic mass is 32.2. The fourth-order valence-corrected chi connectivity index (χ4v) is 2.20. The predicted molar refractivity (Wildman–Crippen MR) is 73.6 cm³/mol. The molecule has 5 heteroatoms. The van der Waals surface area contributed by atoms with E-state index in [1.165, 1.54) is 11.8 Å². The summed E-state index contributed by atoms with van der Waals surface area (Å²) in [5.74, 6) is 1.19. The highest BCUT2D eigenvalue weighted by molar-refractivity contribution is 7.98. The highest BCUT2D eigenvalue weighted by Gasteiger charge is 2.12. The lowest BCUT2D eigenvalue weighted by Crippen LogP contribution is -2.13. The van der Waals surface area contributed by atoms with Crippen LogP contribution in [0.25, 0.3) is 0 Å². The minimum absolute atomic E-state index is 0.00107. The van der Waals surface area contributed by atoms with Gasteiger partial charge in [0, 0.05) is 11.1 Å². The van der Waals surface area contributed by atoms with E-state index < -0.39 is 0 Å². The van der Waals surface area contributed by atoms with Crippen molar-refractivity contribution in [3.63, 3.8) is 0 Å². The van der Waals surface area contributed by atoms with Gasteiger partial charge in [0.15, 0.2) is 0 Å². The van der Waals surface area contributed by atoms with Gasteiger partial charge in [-0.2, -0.15) is 0 Å². The Morgan fingerprint density at radius 1 is 1.33 bits per heavy atom. The average Bonchev–Trinajstić information content (AvgIpc) is 2.39. The first-order chi connectivity index (χ1) is 8.72. The van der Waals surface area contributed by atoms with Crippen molar-refractivity contribution in [2.24, 2.45) is 5.73 Å². The predicted octanol–water partition coefficient (Wildman–Crippen LogP) is 2.88. The summed E-state index contributed by atoms with van der Waals surface area (Å²) in [5.41, 5.74) is 6.24. The molecule has 92 valence electrons. The summed E-state index contributed by atoms with van der Waals surface area (Å²) in [6, 6.07) is 9.19. The van der Waals surface area contributed by atoms with Gasteiger partial charge in [-0.15, -0.1) is 11.8 Å². The van der Waals surface area contributed by atoms with Crippen molar-refractivity contribution < 1.29 is 4.74 Å². The zero-order chi connectivity index (χ0) is 13.0. The standard InChI is InChI=1S/C13H13N3OS/c1-18-11-6-2-5-10(12(11)13(14)15)17-9-4-3-7-16-8-9/h2-8H,1H3,(H3,14,15). The van der Waals surface area contributed by atoms with Gasteiger partial charge in [0.1, 0.15) is 17.3 Å². The molecule has 0 spiro atoms. The van der Waals surface area contributed by atoms with Gasteiger partial charge in [0.2, 0.25) is 0 Å². The Bertz CT molecular complexity index is 557. The zero-order valence-electron chi connectivity index (χ0n) is 9.88. The van der Waals surface area contributed by atoms with Crippen LogP contribution in [0, 0.1) is 5.41 Å². The molecule has 3 N–H and O–H groups in total. The topological polar surface area (TPSA) is 72.0 Å². The summed E-state index contributed by atoms with van der Waals surface area (Å²) < 4.78 is 5.72. The number of nitrogens with two attached hydrogens (primary N) is 1. The van der Waals surface area contributed by atoms with Crippen LogP contribution in [0.1, 0.15) is 5.56 Å². The number of ether oxygens (including phenoxy) is 1. The highest BCUT2D eigenvalue weighted by Crippen LogP contribution is 2.31. The van der Waals surface area contributed by atoms with Crippen molar-refractivity contribution in [3.8, 4) is 11.5 Å². The smallest absolute Gasteiger partial charge is 0.145 e. The molecule has 18 heavy (non-hydrogen) atoms. The van der Waals surface area contributed by atoms with E-state index in [1.807, 2.05) is 24.5 Å². The zero-order valence-corrected chi connectivity index (χ0v) is 10.7. The van der Waals surface area contributed by atoms with Crippen molar-refractivity contribution >= 4 is 17.6 Å². The molecule has 1 heterocycles. The van der Waals surface area contributed by atoms with Crippen molar-refractivity contribution in [2.45, 2.75) is 4.90 Å². The van der Waals surface area contributed by atoms with Gasteiger partial charge in [-0.05, 0) is 30.5 Å². The fourth-order valence-electron chi connectivity index (χ4n) is 1.57. The molecule has 0 saturated heterocycles. The number of aromatic nitrogens is 1. The first kappa shape index (κ1) is 12.4. The van der Waals surface area contributed by atoms with Crippen LogP contribution in [0.2, 0.25) is 0 Å². The first-order valence-electron chi connectivity index (χ1n) is 5.31. The van der Waals surface area contributed by atoms with Gasteiger partial charge in [0.25, 0.3) is 0 Å². The maximum Gasteiger partial charge on any atom is 0.145 e. The molecule has 0 fully saturated rings. The number of rotatable bonds is 4. The molecule has 4 nitrogen and oxygen atoms in total. The van der Waals surface area contributed by atoms with Crippen LogP contribution in [-0.4, -0.2) is 17.1 Å². The molecule has 0 unspecified atom stereocenters. The van der Waals surface area contributed by atoms with E-state index in [9.17, 15) is 0 Å². The van der Waals surface area contributed by atoms with Crippen LogP contribution in [0.15, 0.2) is 47.6 Å². The lowest BCUT2D eigenvalue weighted by Gasteiger charge is -2.12. The summed E-state index contributed by atoms with van der Waals surface area (Å²) in [4.78, 5) is 4.90. The van der Waals surface area contributed by atoms with Crippen molar-refractivity contribution in [2.75, 3.05) is 6.26 Å². The van der Waals surface area contributed by atoms with Gasteiger partial charge >= 0.3 is 0 Å². The Balaban J connectivity index is 2.42. The molecule has 0 aliphatic heterocycles. The van der Waals surface area contributed by atoms with E-state index in [4.69, 9.17) is 15.9 Å². The number of pyridine rings is 1. The van der Waals surface area contributed by atoms with Gasteiger partial charge in [0.05, 0.1) is 11.8 Å². The monoisotopic (exact) mass is 259 g/mol. The lowest BCUT2D eigenvalue weighted by atomic mass is 10.2. The molecule has 0 aliphatic rings. The third-order valence-corrected chi connectivity index (χ3v) is 3.12. The van der Waals surface area contributed by atoms with E-state index in [1.54, 1.807) is 24.5 Å². The average molecular weight is 259 g/mol. The van der Waals surface area contributed by atoms with E-state index in [2.05, 4.69) is 4.98 Å². The molecule has 2 rings (SSSR count). The second-order valence-corrected chi connectivity index (χ2v) is 4.39. The quantitative estimate of drug-likeness (QED) is 0.503. The number of amidine groups is 1. The maximum absolute atomic E-state index is 7.66. The number of nitrogens with one attached hydrogen (secondary N) is 1. The molecule has 0 saturated carbocycles. The van der Waals surface area contributed by atoms with Crippen molar-refractivity contribution in [3.05, 3.63) is 48.3 Å². The van der Waals surface area contributed by atoms with Gasteiger partial charge in [-0.1, -0.05) is 6.07 Å². The summed E-state index contributed by atoms with van der Waals surface area (Å²) >= 11 is 1.53. The molecule has 2 aromatic rings. The van der Waals surface area contributed by atoms with Gasteiger partial charge in [-0.3, -0.25) is 10.4 Å². The second-order valence-electron chi connectivity index (χ2n) is 3.54. The molecular formula is C13H13N3OS. The van der Waals surface area contributed by atoms with Crippen LogP contribution >= 0.6 is 11.8 Å². The van der Waals surface area contributed by atoms with Gasteiger partial charge in [-0.25, -0.2) is 0 Å². The molecule has 0 atom stereocenters. The van der Waals surface area contributed by atoms with Crippen LogP contribution in [0.5, 0.6) is 11.5 Å². The molecule has 1 aromatic carbocycles. The molecule has 0 radical (unpaired) electrons. The van der Waals surface area contributed by atoms with E-state index in [0.29, 0.717) is 17.1 Å². The number of hydrogen-bond acceptors (Lipinski definition) is 4. The third kappa shape index (κ3) is 2.62. The van der Waals surface area contributed by atoms with Gasteiger partial charge < -0.3 is 10.5 Å². The van der Waals surface area contributed by atoms with Crippen molar-refractivity contribution in [1.82, 2.24) is 4.98 Å². The van der Waals surface area contributed by atoms with Crippen LogP contribution in [0.4, 0.5) is 0 Å². The molecule has 0 amide bonds. The first-order valence-corrected chi connectivity index (χ1v) is 6.54. The third-order valence-electron chi connectivity index (χ3n) is 2.34. The summed E-state index contributed by atoms with van der Waals surface area (Å²) in [6.07, 6.45) is 5.24. The Hall–Kier alpha value is -2.01. The maximum atomic E-state index is 7.66. The number of nitrogens with zero attached hydrogens (tertiary/aromatic N) is 1. The summed E-state index contributed by atoms with van der Waals surface area (Å²) in [7, 11) is 0. The molecule has 0 aliphatic carbocycles. The summed E-state index contributed by atoms with van der Waals surface area (Å²) in [5, 5.41) is 7.66. The van der Waals surface area contributed by atoms with Crippen LogP contribution in [0.3, 0.4) is 0 Å². The normalized spacial score (nSPS) is 10.1. The minimum Gasteiger partial charge on any atom is -0.455 e. The molecular weight excluding hydrogens is 246 g/mol. The molecule has 1 aromatic heterocycles. The minimum atomic E-state index is -0.00107. The van der Waals surface area contributed by atoms with Crippen molar-refractivity contribution in [1.29, 1.82) is 5.41 Å². The van der Waals surface area contributed by atoms with Crippen LogP contribution in [-0.2, 0) is 0 Å². The number of benzene rings is 1. The Morgan fingerprint density at radius 2 is 2.17 bits per heavy atom. The Morgan fingerprint density at radius 3 is 2.78 bits per heavy atom. The van der Waals surface area contributed by atoms with Crippen LogP contribution < -0.4 is 10.5 Å². The second kappa shape index (κ2) is 5.55. The number of nitrogen functional groups attached to an aromatic ring is 1. The van der Waals surface area contributed by atoms with E-state index in [-0.39, 0.29) is 5.84 Å². The number of thioether (sulfide) groups is 1. The Labute approximate surface area is 110 Å². The largest absolute Gasteiger partial charge is 0.455 e. The number of hydrogen-bond donors (Lipinski definition) is 2. The Kier molecular flexibility index (Phi) is 3.84. The lowest BCUT2D eigenvalue weighted by molar-refractivity contribution is 0.477. The fraction of sp³-hybridized carbons (Fsp3) is 0.0769. The molecule has 0 bridgehead atoms.